The van der Waals surface area contributed by atoms with E-state index in [-0.39, 0.29) is 0 Å². The van der Waals surface area contributed by atoms with Crippen molar-refractivity contribution in [3.8, 4) is 0 Å². The molecule has 0 aliphatic heterocycles. The quantitative estimate of drug-likeness (QED) is 0.769. The first kappa shape index (κ1) is 12.8. The van der Waals surface area contributed by atoms with E-state index in [0.717, 1.165) is 24.5 Å². The Bertz CT molecular complexity index is 291. The van der Waals surface area contributed by atoms with E-state index in [0.29, 0.717) is 0 Å². The van der Waals surface area contributed by atoms with Crippen LogP contribution in [0.25, 0.3) is 0 Å². The van der Waals surface area contributed by atoms with Gasteiger partial charge in [0.1, 0.15) is 0 Å². The van der Waals surface area contributed by atoms with Gasteiger partial charge in [-0.15, -0.1) is 0 Å². The normalized spacial score (nSPS) is 10.4. The summed E-state index contributed by atoms with van der Waals surface area (Å²) in [5, 5.41) is 0. The molecule has 0 aliphatic rings. The van der Waals surface area contributed by atoms with Crippen molar-refractivity contribution in [2.75, 3.05) is 23.7 Å². The summed E-state index contributed by atoms with van der Waals surface area (Å²) < 4.78 is 0. The molecule has 90 valence electrons. The van der Waals surface area contributed by atoms with Crippen LogP contribution in [0.3, 0.4) is 0 Å². The molecule has 0 bridgehead atoms. The number of anilines is 2. The third-order valence-electron chi connectivity index (χ3n) is 2.67. The highest BCUT2D eigenvalue weighted by atomic mass is 15.1. The Morgan fingerprint density at radius 3 is 2.25 bits per heavy atom. The van der Waals surface area contributed by atoms with Crippen LogP contribution in [-0.4, -0.2) is 18.1 Å². The zero-order chi connectivity index (χ0) is 11.8. The smallest absolute Gasteiger partial charge is 0.0573 e. The van der Waals surface area contributed by atoms with Gasteiger partial charge in [0.15, 0.2) is 0 Å². The van der Waals surface area contributed by atoms with Crippen molar-refractivity contribution in [2.45, 2.75) is 39.5 Å². The van der Waals surface area contributed by atoms with Crippen LogP contribution in [0.1, 0.15) is 39.5 Å². The van der Waals surface area contributed by atoms with Gasteiger partial charge in [0.25, 0.3) is 0 Å². The van der Waals surface area contributed by atoms with Gasteiger partial charge in [-0.05, 0) is 18.9 Å². The average molecular weight is 221 g/mol. The van der Waals surface area contributed by atoms with Gasteiger partial charge in [-0.25, -0.2) is 0 Å². The van der Waals surface area contributed by atoms with Gasteiger partial charge in [-0.1, -0.05) is 26.7 Å². The lowest BCUT2D eigenvalue weighted by Gasteiger charge is -2.24. The largest absolute Gasteiger partial charge is 0.397 e. The second kappa shape index (κ2) is 7.09. The molecular formula is C13H23N3. The minimum Gasteiger partial charge on any atom is -0.397 e. The first-order valence-electron chi connectivity index (χ1n) is 6.23. The molecule has 0 aliphatic carbocycles. The topological polar surface area (TPSA) is 42.2 Å². The Labute approximate surface area is 98.7 Å². The first-order valence-corrected chi connectivity index (χ1v) is 6.23. The molecular weight excluding hydrogens is 198 g/mol. The van der Waals surface area contributed by atoms with E-state index in [2.05, 4.69) is 23.7 Å². The highest BCUT2D eigenvalue weighted by Crippen LogP contribution is 2.17. The molecule has 0 amide bonds. The predicted molar refractivity (Wildman–Crippen MR) is 70.7 cm³/mol. The fourth-order valence-corrected chi connectivity index (χ4v) is 1.69. The maximum Gasteiger partial charge on any atom is 0.0573 e. The zero-order valence-corrected chi connectivity index (χ0v) is 10.4. The van der Waals surface area contributed by atoms with Crippen LogP contribution in [0.2, 0.25) is 0 Å². The monoisotopic (exact) mass is 221 g/mol. The molecule has 0 fully saturated rings. The number of rotatable bonds is 7. The van der Waals surface area contributed by atoms with Gasteiger partial charge in [-0.3, -0.25) is 4.98 Å². The van der Waals surface area contributed by atoms with Crippen molar-refractivity contribution in [1.82, 2.24) is 4.98 Å². The van der Waals surface area contributed by atoms with E-state index < -0.39 is 0 Å². The molecule has 2 N–H and O–H groups in total. The van der Waals surface area contributed by atoms with Crippen LogP contribution in [0.15, 0.2) is 18.5 Å². The van der Waals surface area contributed by atoms with E-state index in [9.17, 15) is 0 Å². The van der Waals surface area contributed by atoms with Crippen molar-refractivity contribution in [1.29, 1.82) is 0 Å². The average Bonchev–Trinajstić information content (AvgIpc) is 2.29. The maximum atomic E-state index is 5.76. The summed E-state index contributed by atoms with van der Waals surface area (Å²) in [6, 6.07) is 2.01. The SMILES string of the molecule is CCCCN(CCCC)c1cncc(N)c1. The van der Waals surface area contributed by atoms with Gasteiger partial charge in [0.05, 0.1) is 17.6 Å². The Hall–Kier alpha value is -1.25. The molecule has 0 radical (unpaired) electrons. The Morgan fingerprint density at radius 1 is 1.12 bits per heavy atom. The van der Waals surface area contributed by atoms with Gasteiger partial charge in [0, 0.05) is 19.3 Å². The molecule has 0 atom stereocenters. The number of pyridine rings is 1. The molecule has 1 aromatic heterocycles. The van der Waals surface area contributed by atoms with Crippen LogP contribution in [0, 0.1) is 0 Å². The second-order valence-electron chi connectivity index (χ2n) is 4.17. The van der Waals surface area contributed by atoms with Gasteiger partial charge >= 0.3 is 0 Å². The van der Waals surface area contributed by atoms with E-state index >= 15 is 0 Å². The van der Waals surface area contributed by atoms with E-state index in [1.807, 2.05) is 12.3 Å². The molecule has 1 heterocycles. The lowest BCUT2D eigenvalue weighted by atomic mass is 10.2. The molecule has 0 saturated carbocycles. The molecule has 3 heteroatoms. The molecule has 1 aromatic rings. The molecule has 16 heavy (non-hydrogen) atoms. The molecule has 0 spiro atoms. The molecule has 0 aromatic carbocycles. The predicted octanol–water partition coefficient (Wildman–Crippen LogP) is 3.07. The summed E-state index contributed by atoms with van der Waals surface area (Å²) in [5.41, 5.74) is 7.66. The summed E-state index contributed by atoms with van der Waals surface area (Å²) in [5.74, 6) is 0. The number of hydrogen-bond acceptors (Lipinski definition) is 3. The van der Waals surface area contributed by atoms with Crippen molar-refractivity contribution in [3.63, 3.8) is 0 Å². The summed E-state index contributed by atoms with van der Waals surface area (Å²) in [6.07, 6.45) is 8.48. The molecule has 3 nitrogen and oxygen atoms in total. The Kier molecular flexibility index (Phi) is 5.68. The van der Waals surface area contributed by atoms with Crippen LogP contribution in [0.5, 0.6) is 0 Å². The summed E-state index contributed by atoms with van der Waals surface area (Å²) in [6.45, 7) is 6.63. The highest BCUT2D eigenvalue weighted by Gasteiger charge is 2.05. The van der Waals surface area contributed by atoms with Crippen molar-refractivity contribution in [2.24, 2.45) is 0 Å². The zero-order valence-electron chi connectivity index (χ0n) is 10.4. The van der Waals surface area contributed by atoms with Gasteiger partial charge < -0.3 is 10.6 Å². The number of nitrogen functional groups attached to an aromatic ring is 1. The lowest BCUT2D eigenvalue weighted by molar-refractivity contribution is 0.677. The lowest BCUT2D eigenvalue weighted by Crippen LogP contribution is -2.25. The third kappa shape index (κ3) is 4.09. The van der Waals surface area contributed by atoms with Gasteiger partial charge in [-0.2, -0.15) is 0 Å². The van der Waals surface area contributed by atoms with Crippen LogP contribution < -0.4 is 10.6 Å². The fourth-order valence-electron chi connectivity index (χ4n) is 1.69. The molecule has 1 rings (SSSR count). The third-order valence-corrected chi connectivity index (χ3v) is 2.67. The molecule has 0 unspecified atom stereocenters. The van der Waals surface area contributed by atoms with Crippen molar-refractivity contribution >= 4 is 11.4 Å². The first-order chi connectivity index (χ1) is 7.77. The Morgan fingerprint density at radius 2 is 1.75 bits per heavy atom. The summed E-state index contributed by atoms with van der Waals surface area (Å²) in [4.78, 5) is 6.54. The number of hydrogen-bond donors (Lipinski definition) is 1. The maximum absolute atomic E-state index is 5.76. The standard InChI is InChI=1S/C13H23N3/c1-3-5-7-16(8-6-4-2)13-9-12(14)10-15-11-13/h9-11H,3-8,14H2,1-2H3. The van der Waals surface area contributed by atoms with E-state index in [1.54, 1.807) is 6.20 Å². The van der Waals surface area contributed by atoms with Crippen LogP contribution >= 0.6 is 0 Å². The van der Waals surface area contributed by atoms with E-state index in [1.165, 1.54) is 25.7 Å². The van der Waals surface area contributed by atoms with Crippen LogP contribution in [0.4, 0.5) is 11.4 Å². The number of nitrogens with two attached hydrogens (primary N) is 1. The summed E-state index contributed by atoms with van der Waals surface area (Å²) >= 11 is 0. The highest BCUT2D eigenvalue weighted by molar-refractivity contribution is 5.53. The van der Waals surface area contributed by atoms with Crippen molar-refractivity contribution < 1.29 is 0 Å². The second-order valence-corrected chi connectivity index (χ2v) is 4.17. The fraction of sp³-hybridized carbons (Fsp3) is 0.615. The van der Waals surface area contributed by atoms with Gasteiger partial charge in [0.2, 0.25) is 0 Å². The van der Waals surface area contributed by atoms with E-state index in [4.69, 9.17) is 5.73 Å². The Balaban J connectivity index is 2.66. The minimum atomic E-state index is 0.746. The summed E-state index contributed by atoms with van der Waals surface area (Å²) in [7, 11) is 0. The van der Waals surface area contributed by atoms with Crippen molar-refractivity contribution in [3.05, 3.63) is 18.5 Å². The number of aromatic nitrogens is 1. The van der Waals surface area contributed by atoms with Crippen LogP contribution in [-0.2, 0) is 0 Å². The number of nitrogens with zero attached hydrogens (tertiary/aromatic N) is 2. The number of unbranched alkanes of at least 4 members (excludes halogenated alkanes) is 2. The molecule has 0 saturated heterocycles. The minimum absolute atomic E-state index is 0.746.